The molecule has 3 amide bonds. The first kappa shape index (κ1) is 10.2. The summed E-state index contributed by atoms with van der Waals surface area (Å²) in [5.74, 6) is -0.216. The van der Waals surface area contributed by atoms with Gasteiger partial charge in [0.05, 0.1) is 0 Å². The Morgan fingerprint density at radius 2 is 2.33 bits per heavy atom. The number of hydrogen-bond acceptors (Lipinski definition) is 3. The molecule has 0 spiro atoms. The van der Waals surface area contributed by atoms with E-state index in [1.165, 1.54) is 11.3 Å². The molecule has 1 unspecified atom stereocenters. The summed E-state index contributed by atoms with van der Waals surface area (Å²) in [6.07, 6.45) is 0.849. The molecule has 0 aliphatic carbocycles. The lowest BCUT2D eigenvalue weighted by molar-refractivity contribution is -0.121. The van der Waals surface area contributed by atoms with Crippen LogP contribution in [0.5, 0.6) is 0 Å². The van der Waals surface area contributed by atoms with Gasteiger partial charge in [-0.2, -0.15) is 11.3 Å². The summed E-state index contributed by atoms with van der Waals surface area (Å²) in [4.78, 5) is 24.7. The van der Waals surface area contributed by atoms with Crippen LogP contribution in [0.3, 0.4) is 0 Å². The van der Waals surface area contributed by atoms with Crippen LogP contribution in [0.4, 0.5) is 4.79 Å². The van der Waals surface area contributed by atoms with E-state index in [-0.39, 0.29) is 11.9 Å². The maximum Gasteiger partial charge on any atom is 0.325 e. The summed E-state index contributed by atoms with van der Waals surface area (Å²) in [7, 11) is 0. The third-order valence-corrected chi connectivity index (χ3v) is 3.08. The van der Waals surface area contributed by atoms with Crippen LogP contribution in [0.2, 0.25) is 0 Å². The number of urea groups is 1. The van der Waals surface area contributed by atoms with Gasteiger partial charge in [0.2, 0.25) is 0 Å². The molecule has 1 atom stereocenters. The zero-order valence-electron chi connectivity index (χ0n) is 8.40. The second-order valence-corrected chi connectivity index (χ2v) is 4.23. The molecule has 1 aromatic heterocycles. The van der Waals surface area contributed by atoms with E-state index >= 15 is 0 Å². The maximum atomic E-state index is 11.6. The highest BCUT2D eigenvalue weighted by atomic mass is 32.1. The minimum Gasteiger partial charge on any atom is -0.308 e. The van der Waals surface area contributed by atoms with Crippen LogP contribution in [0.25, 0.3) is 0 Å². The number of hydrogen-bond donors (Lipinski definition) is 1. The van der Waals surface area contributed by atoms with E-state index in [2.05, 4.69) is 5.32 Å². The number of imide groups is 1. The molecule has 1 aromatic rings. The molecule has 1 aliphatic rings. The number of amides is 3. The summed E-state index contributed by atoms with van der Waals surface area (Å²) in [5, 5.41) is 6.16. The summed E-state index contributed by atoms with van der Waals surface area (Å²) < 4.78 is 0. The second kappa shape index (κ2) is 4.02. The minimum atomic E-state index is -0.427. The van der Waals surface area contributed by atoms with Gasteiger partial charge in [-0.05, 0) is 28.8 Å². The van der Waals surface area contributed by atoms with Gasteiger partial charge in [0.25, 0.3) is 5.91 Å². The molecule has 2 rings (SSSR count). The van der Waals surface area contributed by atoms with Gasteiger partial charge in [-0.15, -0.1) is 0 Å². The van der Waals surface area contributed by atoms with Gasteiger partial charge in [0.1, 0.15) is 6.04 Å². The van der Waals surface area contributed by atoms with Crippen LogP contribution >= 0.6 is 11.3 Å². The monoisotopic (exact) mass is 224 g/mol. The van der Waals surface area contributed by atoms with E-state index in [0.29, 0.717) is 6.54 Å². The quantitative estimate of drug-likeness (QED) is 0.795. The summed E-state index contributed by atoms with van der Waals surface area (Å²) in [6, 6.07) is 1.18. The van der Waals surface area contributed by atoms with E-state index in [4.69, 9.17) is 0 Å². The molecule has 1 saturated heterocycles. The molecular formula is C10H12N2O2S. The first-order valence-corrected chi connectivity index (χ1v) is 5.82. The number of nitrogens with zero attached hydrogens (tertiary/aromatic N) is 1. The molecule has 2 heterocycles. The minimum absolute atomic E-state index is 0.216. The fourth-order valence-electron chi connectivity index (χ4n) is 1.74. The first-order valence-electron chi connectivity index (χ1n) is 4.87. The molecule has 1 fully saturated rings. The maximum absolute atomic E-state index is 11.6. The van der Waals surface area contributed by atoms with Gasteiger partial charge in [0.15, 0.2) is 0 Å². The van der Waals surface area contributed by atoms with E-state index < -0.39 is 6.04 Å². The molecule has 5 heteroatoms. The smallest absolute Gasteiger partial charge is 0.308 e. The van der Waals surface area contributed by atoms with Gasteiger partial charge in [0, 0.05) is 6.54 Å². The van der Waals surface area contributed by atoms with E-state index in [1.54, 1.807) is 4.90 Å². The van der Waals surface area contributed by atoms with Crippen LogP contribution in [0.1, 0.15) is 24.9 Å². The normalized spacial score (nSPS) is 20.9. The molecule has 80 valence electrons. The molecule has 15 heavy (non-hydrogen) atoms. The highest BCUT2D eigenvalue weighted by Gasteiger charge is 2.38. The van der Waals surface area contributed by atoms with Crippen molar-refractivity contribution in [1.29, 1.82) is 0 Å². The van der Waals surface area contributed by atoms with Crippen molar-refractivity contribution in [1.82, 2.24) is 10.2 Å². The first-order chi connectivity index (χ1) is 7.24. The van der Waals surface area contributed by atoms with Crippen molar-refractivity contribution in [3.05, 3.63) is 22.4 Å². The zero-order valence-corrected chi connectivity index (χ0v) is 9.21. The topological polar surface area (TPSA) is 49.4 Å². The van der Waals surface area contributed by atoms with Crippen molar-refractivity contribution in [2.75, 3.05) is 6.54 Å². The number of carbonyl (C=O) groups is 2. The number of carbonyl (C=O) groups excluding carboxylic acids is 2. The van der Waals surface area contributed by atoms with E-state index in [1.807, 2.05) is 23.8 Å². The Kier molecular flexibility index (Phi) is 2.73. The highest BCUT2D eigenvalue weighted by molar-refractivity contribution is 7.08. The van der Waals surface area contributed by atoms with Crippen LogP contribution < -0.4 is 5.32 Å². The zero-order chi connectivity index (χ0) is 10.8. The van der Waals surface area contributed by atoms with Crippen LogP contribution in [0, 0.1) is 0 Å². The van der Waals surface area contributed by atoms with Gasteiger partial charge < -0.3 is 4.90 Å². The number of rotatable bonds is 3. The van der Waals surface area contributed by atoms with Crippen molar-refractivity contribution in [3.8, 4) is 0 Å². The fourth-order valence-corrected chi connectivity index (χ4v) is 2.42. The average molecular weight is 224 g/mol. The van der Waals surface area contributed by atoms with E-state index in [0.717, 1.165) is 12.0 Å². The van der Waals surface area contributed by atoms with Gasteiger partial charge >= 0.3 is 6.03 Å². The Labute approximate surface area is 91.9 Å². The summed E-state index contributed by atoms with van der Waals surface area (Å²) in [6.45, 7) is 2.60. The Morgan fingerprint density at radius 3 is 2.93 bits per heavy atom. The van der Waals surface area contributed by atoms with Gasteiger partial charge in [-0.3, -0.25) is 10.1 Å². The highest BCUT2D eigenvalue weighted by Crippen LogP contribution is 2.27. The van der Waals surface area contributed by atoms with Crippen molar-refractivity contribution in [2.24, 2.45) is 0 Å². The second-order valence-electron chi connectivity index (χ2n) is 3.45. The number of nitrogens with one attached hydrogen (secondary N) is 1. The summed E-state index contributed by atoms with van der Waals surface area (Å²) >= 11 is 1.53. The molecular weight excluding hydrogens is 212 g/mol. The van der Waals surface area contributed by atoms with Crippen LogP contribution in [0.15, 0.2) is 16.8 Å². The lowest BCUT2D eigenvalue weighted by atomic mass is 10.1. The Bertz CT molecular complexity index is 375. The molecule has 1 aliphatic heterocycles. The van der Waals surface area contributed by atoms with Crippen LogP contribution in [-0.4, -0.2) is 23.4 Å². The third kappa shape index (κ3) is 1.74. The third-order valence-electron chi connectivity index (χ3n) is 2.37. The summed E-state index contributed by atoms with van der Waals surface area (Å²) in [5.41, 5.74) is 0.900. The van der Waals surface area contributed by atoms with E-state index in [9.17, 15) is 9.59 Å². The van der Waals surface area contributed by atoms with Crippen molar-refractivity contribution < 1.29 is 9.59 Å². The Hall–Kier alpha value is -1.36. The molecule has 4 nitrogen and oxygen atoms in total. The SMILES string of the molecule is CCCN1C(=O)NC(=O)C1c1ccsc1. The molecule has 0 aromatic carbocycles. The average Bonchev–Trinajstić information content (AvgIpc) is 2.77. The standard InChI is InChI=1S/C10H12N2O2S/c1-2-4-12-8(7-3-5-15-6-7)9(13)11-10(12)14/h3,5-6,8H,2,4H2,1H3,(H,11,13,14). The van der Waals surface area contributed by atoms with Gasteiger partial charge in [-0.1, -0.05) is 6.92 Å². The van der Waals surface area contributed by atoms with Crippen molar-refractivity contribution in [2.45, 2.75) is 19.4 Å². The predicted molar refractivity (Wildman–Crippen MR) is 57.6 cm³/mol. The molecule has 0 bridgehead atoms. The van der Waals surface area contributed by atoms with Crippen molar-refractivity contribution in [3.63, 3.8) is 0 Å². The lowest BCUT2D eigenvalue weighted by Gasteiger charge is -2.19. The fraction of sp³-hybridized carbons (Fsp3) is 0.400. The van der Waals surface area contributed by atoms with Crippen LogP contribution in [-0.2, 0) is 4.79 Å². The molecule has 0 saturated carbocycles. The molecule has 1 N–H and O–H groups in total. The van der Waals surface area contributed by atoms with Crippen molar-refractivity contribution >= 4 is 23.3 Å². The predicted octanol–water partition coefficient (Wildman–Crippen LogP) is 1.75. The van der Waals surface area contributed by atoms with Gasteiger partial charge in [-0.25, -0.2) is 4.79 Å². The lowest BCUT2D eigenvalue weighted by Crippen LogP contribution is -2.30. The Morgan fingerprint density at radius 1 is 1.53 bits per heavy atom. The Balaban J connectivity index is 2.27. The number of thiophene rings is 1. The largest absolute Gasteiger partial charge is 0.325 e. The molecule has 0 radical (unpaired) electrons.